The monoisotopic (exact) mass is 216 g/mol. The molecule has 3 nitrogen and oxygen atoms in total. The maximum atomic E-state index is 11.2. The lowest BCUT2D eigenvalue weighted by molar-refractivity contribution is 0.0822. The Hall–Kier alpha value is -0.770. The number of aromatic nitrogens is 1. The molecule has 1 aromatic rings. The van der Waals surface area contributed by atoms with Crippen LogP contribution in [0.3, 0.4) is 0 Å². The number of carbonyl (C=O) groups is 1. The maximum Gasteiger partial charge on any atom is 0.269 e. The van der Waals surface area contributed by atoms with Gasteiger partial charge in [-0.3, -0.25) is 4.79 Å². The molecule has 0 bridgehead atoms. The number of halogens is 1. The first kappa shape index (κ1) is 8.33. The largest absolute Gasteiger partial charge is 0.356 e. The van der Waals surface area contributed by atoms with Crippen molar-refractivity contribution in [2.45, 2.75) is 0 Å². The summed E-state index contributed by atoms with van der Waals surface area (Å²) >= 11 is 3.25. The Balaban J connectivity index is 2.85. The summed E-state index contributed by atoms with van der Waals surface area (Å²) in [6.45, 7) is 0. The predicted molar refractivity (Wildman–Crippen MR) is 46.5 cm³/mol. The average molecular weight is 217 g/mol. The molecule has 0 atom stereocenters. The molecule has 0 aliphatic heterocycles. The Morgan fingerprint density at radius 3 is 2.64 bits per heavy atom. The van der Waals surface area contributed by atoms with Crippen LogP contribution in [0.25, 0.3) is 0 Å². The zero-order chi connectivity index (χ0) is 8.43. The fourth-order valence-electron chi connectivity index (χ4n) is 0.732. The number of carbonyl (C=O) groups excluding carboxylic acids is 1. The lowest BCUT2D eigenvalue weighted by Crippen LogP contribution is -2.21. The molecule has 11 heavy (non-hydrogen) atoms. The summed E-state index contributed by atoms with van der Waals surface area (Å²) in [5.74, 6) is -0.0179. The van der Waals surface area contributed by atoms with Crippen LogP contribution < -0.4 is 0 Å². The lowest BCUT2D eigenvalue weighted by atomic mass is 10.4. The number of hydrogen-bond acceptors (Lipinski definition) is 1. The minimum atomic E-state index is -0.0179. The van der Waals surface area contributed by atoms with Crippen molar-refractivity contribution < 1.29 is 4.79 Å². The minimum absolute atomic E-state index is 0.0179. The molecular weight excluding hydrogens is 208 g/mol. The summed E-state index contributed by atoms with van der Waals surface area (Å²) in [4.78, 5) is 15.6. The van der Waals surface area contributed by atoms with E-state index in [1.807, 2.05) is 0 Å². The number of aromatic amines is 1. The van der Waals surface area contributed by atoms with Crippen molar-refractivity contribution in [2.24, 2.45) is 0 Å². The predicted octanol–water partition coefficient (Wildman–Crippen LogP) is 1.48. The molecule has 4 heteroatoms. The van der Waals surface area contributed by atoms with Gasteiger partial charge in [-0.2, -0.15) is 0 Å². The van der Waals surface area contributed by atoms with E-state index >= 15 is 0 Å². The van der Waals surface area contributed by atoms with Gasteiger partial charge in [-0.05, 0) is 22.0 Å². The second-order valence-electron chi connectivity index (χ2n) is 2.43. The van der Waals surface area contributed by atoms with Gasteiger partial charge in [0.25, 0.3) is 5.91 Å². The number of nitrogens with zero attached hydrogens (tertiary/aromatic N) is 1. The molecule has 1 aromatic heterocycles. The zero-order valence-corrected chi connectivity index (χ0v) is 7.97. The second kappa shape index (κ2) is 3.09. The second-order valence-corrected chi connectivity index (χ2v) is 3.35. The molecule has 0 saturated heterocycles. The van der Waals surface area contributed by atoms with Crippen molar-refractivity contribution in [2.75, 3.05) is 14.1 Å². The molecule has 1 N–H and O–H groups in total. The van der Waals surface area contributed by atoms with Crippen LogP contribution in [0.4, 0.5) is 0 Å². The Labute approximate surface area is 73.5 Å². The fourth-order valence-corrected chi connectivity index (χ4v) is 1.08. The van der Waals surface area contributed by atoms with E-state index in [2.05, 4.69) is 20.9 Å². The minimum Gasteiger partial charge on any atom is -0.356 e. The maximum absolute atomic E-state index is 11.2. The van der Waals surface area contributed by atoms with Gasteiger partial charge in [-0.1, -0.05) is 0 Å². The highest BCUT2D eigenvalue weighted by molar-refractivity contribution is 9.10. The molecule has 60 valence electrons. The molecule has 0 aromatic carbocycles. The SMILES string of the molecule is CN(C)C(=O)c1cc(Br)c[nH]1. The van der Waals surface area contributed by atoms with Crippen molar-refractivity contribution >= 4 is 21.8 Å². The van der Waals surface area contributed by atoms with Crippen molar-refractivity contribution in [3.63, 3.8) is 0 Å². The van der Waals surface area contributed by atoms with Gasteiger partial charge in [-0.25, -0.2) is 0 Å². The highest BCUT2D eigenvalue weighted by Gasteiger charge is 2.08. The van der Waals surface area contributed by atoms with Gasteiger partial charge in [0.1, 0.15) is 5.69 Å². The van der Waals surface area contributed by atoms with Crippen LogP contribution in [-0.4, -0.2) is 29.9 Å². The molecule has 0 spiro atoms. The average Bonchev–Trinajstić information content (AvgIpc) is 2.34. The van der Waals surface area contributed by atoms with Crippen LogP contribution in [0.15, 0.2) is 16.7 Å². The van der Waals surface area contributed by atoms with Gasteiger partial charge < -0.3 is 9.88 Å². The van der Waals surface area contributed by atoms with E-state index < -0.39 is 0 Å². The first-order valence-corrected chi connectivity index (χ1v) is 3.96. The van der Waals surface area contributed by atoms with Crippen molar-refractivity contribution in [3.8, 4) is 0 Å². The van der Waals surface area contributed by atoms with Gasteiger partial charge in [0.05, 0.1) is 0 Å². The summed E-state index contributed by atoms with van der Waals surface area (Å²) < 4.78 is 0.891. The first-order valence-electron chi connectivity index (χ1n) is 3.17. The van der Waals surface area contributed by atoms with Gasteiger partial charge in [0.15, 0.2) is 0 Å². The van der Waals surface area contributed by atoms with E-state index in [1.54, 1.807) is 26.4 Å². The summed E-state index contributed by atoms with van der Waals surface area (Å²) in [6.07, 6.45) is 1.73. The quantitative estimate of drug-likeness (QED) is 0.759. The molecule has 1 rings (SSSR count). The van der Waals surface area contributed by atoms with Crippen molar-refractivity contribution in [1.29, 1.82) is 0 Å². The first-order chi connectivity index (χ1) is 5.11. The number of hydrogen-bond donors (Lipinski definition) is 1. The Morgan fingerprint density at radius 2 is 2.27 bits per heavy atom. The van der Waals surface area contributed by atoms with Crippen LogP contribution in [0.5, 0.6) is 0 Å². The number of amides is 1. The molecule has 1 amide bonds. The summed E-state index contributed by atoms with van der Waals surface area (Å²) in [7, 11) is 3.44. The standard InChI is InChI=1S/C7H9BrN2O/c1-10(2)7(11)6-3-5(8)4-9-6/h3-4,9H,1-2H3. The summed E-state index contributed by atoms with van der Waals surface area (Å²) in [5, 5.41) is 0. The van der Waals surface area contributed by atoms with E-state index in [0.717, 1.165) is 4.47 Å². The van der Waals surface area contributed by atoms with E-state index in [4.69, 9.17) is 0 Å². The summed E-state index contributed by atoms with van der Waals surface area (Å²) in [5.41, 5.74) is 0.599. The molecule has 0 aliphatic rings. The van der Waals surface area contributed by atoms with Crippen LogP contribution in [0.1, 0.15) is 10.5 Å². The molecule has 1 heterocycles. The Morgan fingerprint density at radius 1 is 1.64 bits per heavy atom. The number of H-pyrrole nitrogens is 1. The third-order valence-electron chi connectivity index (χ3n) is 1.28. The van der Waals surface area contributed by atoms with Crippen LogP contribution in [0.2, 0.25) is 0 Å². The van der Waals surface area contributed by atoms with E-state index in [9.17, 15) is 4.79 Å². The van der Waals surface area contributed by atoms with Gasteiger partial charge in [0.2, 0.25) is 0 Å². The fraction of sp³-hybridized carbons (Fsp3) is 0.286. The Bertz CT molecular complexity index is 267. The number of nitrogens with one attached hydrogen (secondary N) is 1. The lowest BCUT2D eigenvalue weighted by Gasteiger charge is -2.07. The molecule has 0 fully saturated rings. The van der Waals surface area contributed by atoms with Crippen LogP contribution >= 0.6 is 15.9 Å². The van der Waals surface area contributed by atoms with Gasteiger partial charge >= 0.3 is 0 Å². The third-order valence-corrected chi connectivity index (χ3v) is 1.74. The normalized spacial score (nSPS) is 9.73. The molecule has 0 unspecified atom stereocenters. The van der Waals surface area contributed by atoms with Crippen molar-refractivity contribution in [3.05, 3.63) is 22.4 Å². The molecule has 0 radical (unpaired) electrons. The topological polar surface area (TPSA) is 36.1 Å². The van der Waals surface area contributed by atoms with Crippen LogP contribution in [-0.2, 0) is 0 Å². The molecule has 0 saturated carbocycles. The zero-order valence-electron chi connectivity index (χ0n) is 6.39. The van der Waals surface area contributed by atoms with E-state index in [1.165, 1.54) is 4.90 Å². The molecule has 0 aliphatic carbocycles. The van der Waals surface area contributed by atoms with E-state index in [-0.39, 0.29) is 5.91 Å². The van der Waals surface area contributed by atoms with Crippen molar-refractivity contribution in [1.82, 2.24) is 9.88 Å². The number of rotatable bonds is 1. The highest BCUT2D eigenvalue weighted by atomic mass is 79.9. The summed E-state index contributed by atoms with van der Waals surface area (Å²) in [6, 6.07) is 1.75. The van der Waals surface area contributed by atoms with Gasteiger partial charge in [-0.15, -0.1) is 0 Å². The molecular formula is C7H9BrN2O. The highest BCUT2D eigenvalue weighted by Crippen LogP contribution is 2.11. The Kier molecular flexibility index (Phi) is 2.34. The third kappa shape index (κ3) is 1.83. The van der Waals surface area contributed by atoms with Gasteiger partial charge in [0, 0.05) is 24.8 Å². The smallest absolute Gasteiger partial charge is 0.269 e. The van der Waals surface area contributed by atoms with Crippen LogP contribution in [0, 0.1) is 0 Å². The van der Waals surface area contributed by atoms with E-state index in [0.29, 0.717) is 5.69 Å².